The molecule has 0 radical (unpaired) electrons. The van der Waals surface area contributed by atoms with Crippen LogP contribution in [0.1, 0.15) is 34.7 Å². The van der Waals surface area contributed by atoms with Crippen LogP contribution in [-0.4, -0.2) is 45.5 Å². The maximum absolute atomic E-state index is 13.0. The summed E-state index contributed by atoms with van der Waals surface area (Å²) in [6, 6.07) is 7.70. The number of anilines is 1. The standard InChI is InChI=1S/C22H27N5O2/c1-17-5-7-20(29-17)15-25(2)21-8-6-19(12-24-21)22(28)27-10-3-4-18(14-27)13-26-11-9-23-16-26/h5-9,11-12,16,18H,3-4,10,13-15H2,1-2H3/t18-/m0/s1. The van der Waals surface area contributed by atoms with Crippen molar-refractivity contribution in [2.75, 3.05) is 25.0 Å². The molecule has 7 heteroatoms. The molecule has 0 N–H and O–H groups in total. The average Bonchev–Trinajstić information content (AvgIpc) is 3.39. The lowest BCUT2D eigenvalue weighted by atomic mass is 9.97. The number of pyridine rings is 1. The molecule has 1 fully saturated rings. The predicted octanol–water partition coefficient (Wildman–Crippen LogP) is 3.37. The van der Waals surface area contributed by atoms with Crippen LogP contribution in [0.4, 0.5) is 5.82 Å². The molecule has 1 aliphatic heterocycles. The Kier molecular flexibility index (Phi) is 5.64. The van der Waals surface area contributed by atoms with E-state index in [9.17, 15) is 4.79 Å². The lowest BCUT2D eigenvalue weighted by Crippen LogP contribution is -2.41. The van der Waals surface area contributed by atoms with E-state index in [2.05, 4.69) is 14.5 Å². The third-order valence-corrected chi connectivity index (χ3v) is 5.41. The van der Waals surface area contributed by atoms with Gasteiger partial charge in [-0.05, 0) is 49.9 Å². The average molecular weight is 393 g/mol. The molecule has 0 aromatic carbocycles. The first kappa shape index (κ1) is 19.2. The molecule has 0 unspecified atom stereocenters. The van der Waals surface area contributed by atoms with Gasteiger partial charge in [0.2, 0.25) is 0 Å². The van der Waals surface area contributed by atoms with E-state index in [4.69, 9.17) is 4.42 Å². The molecule has 152 valence electrons. The van der Waals surface area contributed by atoms with E-state index in [-0.39, 0.29) is 5.91 Å². The van der Waals surface area contributed by atoms with E-state index < -0.39 is 0 Å². The molecule has 0 aliphatic carbocycles. The first-order chi connectivity index (χ1) is 14.1. The van der Waals surface area contributed by atoms with E-state index in [1.807, 2.05) is 60.6 Å². The number of carbonyl (C=O) groups is 1. The van der Waals surface area contributed by atoms with Gasteiger partial charge in [-0.1, -0.05) is 0 Å². The number of likely N-dealkylation sites (tertiary alicyclic amines) is 1. The maximum Gasteiger partial charge on any atom is 0.255 e. The summed E-state index contributed by atoms with van der Waals surface area (Å²) in [6.45, 7) is 5.05. The van der Waals surface area contributed by atoms with Crippen molar-refractivity contribution in [3.8, 4) is 0 Å². The number of carbonyl (C=O) groups excluding carboxylic acids is 1. The highest BCUT2D eigenvalue weighted by Gasteiger charge is 2.25. The SMILES string of the molecule is Cc1ccc(CN(C)c2ccc(C(=O)N3CCC[C@@H](Cn4ccnc4)C3)cn2)o1. The number of piperidine rings is 1. The molecule has 1 amide bonds. The van der Waals surface area contributed by atoms with Crippen molar-refractivity contribution < 1.29 is 9.21 Å². The maximum atomic E-state index is 13.0. The number of aromatic nitrogens is 3. The molecule has 3 aromatic heterocycles. The summed E-state index contributed by atoms with van der Waals surface area (Å²) in [6.07, 6.45) is 9.45. The van der Waals surface area contributed by atoms with Crippen LogP contribution in [0.15, 0.2) is 53.6 Å². The second kappa shape index (κ2) is 8.51. The third-order valence-electron chi connectivity index (χ3n) is 5.41. The Bertz CT molecular complexity index is 933. The first-order valence-corrected chi connectivity index (χ1v) is 10.1. The van der Waals surface area contributed by atoms with Crippen molar-refractivity contribution in [1.29, 1.82) is 0 Å². The van der Waals surface area contributed by atoms with Gasteiger partial charge in [0.15, 0.2) is 0 Å². The van der Waals surface area contributed by atoms with Crippen LogP contribution in [0.3, 0.4) is 0 Å². The topological polar surface area (TPSA) is 67.4 Å². The summed E-state index contributed by atoms with van der Waals surface area (Å²) in [4.78, 5) is 25.5. The van der Waals surface area contributed by atoms with Crippen molar-refractivity contribution >= 4 is 11.7 Å². The van der Waals surface area contributed by atoms with Gasteiger partial charge in [0, 0.05) is 45.3 Å². The fourth-order valence-corrected chi connectivity index (χ4v) is 3.90. The zero-order valence-electron chi connectivity index (χ0n) is 17.0. The summed E-state index contributed by atoms with van der Waals surface area (Å²) >= 11 is 0. The second-order valence-corrected chi connectivity index (χ2v) is 7.79. The van der Waals surface area contributed by atoms with Gasteiger partial charge in [0.05, 0.1) is 18.4 Å². The number of rotatable bonds is 6. The predicted molar refractivity (Wildman–Crippen MR) is 111 cm³/mol. The second-order valence-electron chi connectivity index (χ2n) is 7.79. The lowest BCUT2D eigenvalue weighted by Gasteiger charge is -2.33. The fourth-order valence-electron chi connectivity index (χ4n) is 3.90. The van der Waals surface area contributed by atoms with Gasteiger partial charge in [0.1, 0.15) is 17.3 Å². The molecule has 0 bridgehead atoms. The number of nitrogens with zero attached hydrogens (tertiary/aromatic N) is 5. The largest absolute Gasteiger partial charge is 0.464 e. The third kappa shape index (κ3) is 4.67. The Morgan fingerprint density at radius 2 is 2.21 bits per heavy atom. The highest BCUT2D eigenvalue weighted by Crippen LogP contribution is 2.21. The highest BCUT2D eigenvalue weighted by atomic mass is 16.3. The van der Waals surface area contributed by atoms with Gasteiger partial charge in [-0.25, -0.2) is 9.97 Å². The van der Waals surface area contributed by atoms with Crippen molar-refractivity contribution in [2.45, 2.75) is 32.9 Å². The molecule has 1 aliphatic rings. The van der Waals surface area contributed by atoms with E-state index >= 15 is 0 Å². The minimum atomic E-state index is 0.0590. The summed E-state index contributed by atoms with van der Waals surface area (Å²) in [5.41, 5.74) is 0.638. The molecule has 4 rings (SSSR count). The van der Waals surface area contributed by atoms with Crippen molar-refractivity contribution in [2.24, 2.45) is 5.92 Å². The number of hydrogen-bond acceptors (Lipinski definition) is 5. The van der Waals surface area contributed by atoms with Gasteiger partial charge in [-0.2, -0.15) is 0 Å². The zero-order chi connectivity index (χ0) is 20.2. The van der Waals surface area contributed by atoms with Crippen LogP contribution < -0.4 is 4.90 Å². The number of hydrogen-bond donors (Lipinski definition) is 0. The minimum Gasteiger partial charge on any atom is -0.464 e. The Morgan fingerprint density at radius 3 is 2.90 bits per heavy atom. The van der Waals surface area contributed by atoms with Crippen molar-refractivity contribution in [3.05, 3.63) is 66.3 Å². The van der Waals surface area contributed by atoms with E-state index in [1.165, 1.54) is 0 Å². The summed E-state index contributed by atoms with van der Waals surface area (Å²) in [7, 11) is 1.97. The first-order valence-electron chi connectivity index (χ1n) is 10.1. The molecule has 3 aromatic rings. The van der Waals surface area contributed by atoms with Crippen LogP contribution in [0.2, 0.25) is 0 Å². The van der Waals surface area contributed by atoms with Crippen molar-refractivity contribution in [1.82, 2.24) is 19.4 Å². The summed E-state index contributed by atoms with van der Waals surface area (Å²) in [5, 5.41) is 0. The number of imidazole rings is 1. The summed E-state index contributed by atoms with van der Waals surface area (Å²) in [5.74, 6) is 3.12. The molecular weight excluding hydrogens is 366 g/mol. The van der Waals surface area contributed by atoms with Gasteiger partial charge >= 0.3 is 0 Å². The van der Waals surface area contributed by atoms with Gasteiger partial charge in [-0.15, -0.1) is 0 Å². The molecule has 0 spiro atoms. The van der Waals surface area contributed by atoms with E-state index in [1.54, 1.807) is 12.4 Å². The quantitative estimate of drug-likeness (QED) is 0.642. The van der Waals surface area contributed by atoms with Crippen LogP contribution in [-0.2, 0) is 13.1 Å². The number of furan rings is 1. The Balaban J connectivity index is 1.37. The van der Waals surface area contributed by atoms with Gasteiger partial charge in [0.25, 0.3) is 5.91 Å². The van der Waals surface area contributed by atoms with E-state index in [0.717, 1.165) is 49.8 Å². The molecular formula is C22H27N5O2. The lowest BCUT2D eigenvalue weighted by molar-refractivity contribution is 0.0662. The van der Waals surface area contributed by atoms with Crippen molar-refractivity contribution in [3.63, 3.8) is 0 Å². The van der Waals surface area contributed by atoms with Crippen LogP contribution in [0.25, 0.3) is 0 Å². The van der Waals surface area contributed by atoms with Crippen LogP contribution >= 0.6 is 0 Å². The molecule has 29 heavy (non-hydrogen) atoms. The fraction of sp³-hybridized carbons (Fsp3) is 0.409. The minimum absolute atomic E-state index is 0.0590. The Labute approximate surface area is 171 Å². The molecule has 7 nitrogen and oxygen atoms in total. The molecule has 0 saturated carbocycles. The van der Waals surface area contributed by atoms with Gasteiger partial charge < -0.3 is 18.8 Å². The smallest absolute Gasteiger partial charge is 0.255 e. The number of amides is 1. The summed E-state index contributed by atoms with van der Waals surface area (Å²) < 4.78 is 7.72. The highest BCUT2D eigenvalue weighted by molar-refractivity contribution is 5.94. The Morgan fingerprint density at radius 1 is 1.31 bits per heavy atom. The Hall–Kier alpha value is -3.09. The molecule has 1 saturated heterocycles. The molecule has 4 heterocycles. The monoisotopic (exact) mass is 393 g/mol. The van der Waals surface area contributed by atoms with Crippen LogP contribution in [0.5, 0.6) is 0 Å². The van der Waals surface area contributed by atoms with Crippen LogP contribution in [0, 0.1) is 12.8 Å². The van der Waals surface area contributed by atoms with E-state index in [0.29, 0.717) is 18.0 Å². The molecule has 1 atom stereocenters. The zero-order valence-corrected chi connectivity index (χ0v) is 17.0. The van der Waals surface area contributed by atoms with Gasteiger partial charge in [-0.3, -0.25) is 4.79 Å². The number of aryl methyl sites for hydroxylation is 1. The normalized spacial score (nSPS) is 16.8.